The summed E-state index contributed by atoms with van der Waals surface area (Å²) in [7, 11) is 0. The summed E-state index contributed by atoms with van der Waals surface area (Å²) in [6.07, 6.45) is 5.96. The number of hydrogen-bond acceptors (Lipinski definition) is 6. The second-order valence-corrected chi connectivity index (χ2v) is 8.53. The van der Waals surface area contributed by atoms with Crippen LogP contribution in [0.1, 0.15) is 39.2 Å². The quantitative estimate of drug-likeness (QED) is 0.614. The fourth-order valence-electron chi connectivity index (χ4n) is 3.70. The number of nitrogens with two attached hydrogens (primary N) is 3. The first-order valence-corrected chi connectivity index (χ1v) is 10.5. The fourth-order valence-corrected chi connectivity index (χ4v) is 4.68. The standard InChI is InChI=1S/C22H25N5OS/c1-13-3-2-4-14(11-13)5-6-15-12-17(27-9-7-16(23)8-10-27)26-22-18(15)19(24)20(29-22)21(25)28/h2-6,11-12,16H,7-10,23-24H2,1H3,(H2,25,28)/b6-5+. The molecule has 6 N–H and O–H groups in total. The van der Waals surface area contributed by atoms with Gasteiger partial charge >= 0.3 is 0 Å². The Kier molecular flexibility index (Phi) is 5.25. The molecular formula is C22H25N5OS. The molecule has 0 spiro atoms. The van der Waals surface area contributed by atoms with Crippen molar-refractivity contribution in [3.63, 3.8) is 0 Å². The third kappa shape index (κ3) is 3.97. The van der Waals surface area contributed by atoms with Crippen molar-refractivity contribution in [2.24, 2.45) is 11.5 Å². The van der Waals surface area contributed by atoms with Gasteiger partial charge in [-0.2, -0.15) is 0 Å². The van der Waals surface area contributed by atoms with Crippen LogP contribution < -0.4 is 22.1 Å². The fraction of sp³-hybridized carbons (Fsp3) is 0.273. The Balaban J connectivity index is 1.82. The Labute approximate surface area is 174 Å². The van der Waals surface area contributed by atoms with Gasteiger partial charge in [0.2, 0.25) is 0 Å². The van der Waals surface area contributed by atoms with E-state index in [1.807, 2.05) is 18.2 Å². The average molecular weight is 408 g/mol. The third-order valence-electron chi connectivity index (χ3n) is 5.30. The molecule has 1 aliphatic heterocycles. The zero-order valence-electron chi connectivity index (χ0n) is 16.4. The van der Waals surface area contributed by atoms with E-state index in [2.05, 4.69) is 36.1 Å². The lowest BCUT2D eigenvalue weighted by atomic mass is 10.0. The van der Waals surface area contributed by atoms with Gasteiger partial charge in [-0.15, -0.1) is 11.3 Å². The topological polar surface area (TPSA) is 111 Å². The highest BCUT2D eigenvalue weighted by Gasteiger charge is 2.22. The van der Waals surface area contributed by atoms with E-state index in [4.69, 9.17) is 22.2 Å². The molecule has 0 bridgehead atoms. The van der Waals surface area contributed by atoms with Gasteiger partial charge in [0, 0.05) is 24.5 Å². The zero-order valence-corrected chi connectivity index (χ0v) is 17.2. The maximum absolute atomic E-state index is 11.8. The number of aryl methyl sites for hydroxylation is 1. The first kappa shape index (κ1) is 19.4. The number of piperidine rings is 1. The van der Waals surface area contributed by atoms with Gasteiger partial charge in [-0.3, -0.25) is 4.79 Å². The molecule has 0 radical (unpaired) electrons. The molecule has 2 aromatic heterocycles. The molecule has 1 aliphatic rings. The summed E-state index contributed by atoms with van der Waals surface area (Å²) in [5, 5.41) is 0.783. The molecule has 1 fully saturated rings. The molecule has 0 saturated carbocycles. The molecule has 1 saturated heterocycles. The van der Waals surface area contributed by atoms with E-state index < -0.39 is 5.91 Å². The van der Waals surface area contributed by atoms with E-state index in [1.54, 1.807) is 0 Å². The van der Waals surface area contributed by atoms with E-state index in [0.29, 0.717) is 10.6 Å². The summed E-state index contributed by atoms with van der Waals surface area (Å²) < 4.78 is 0. The van der Waals surface area contributed by atoms with Crippen LogP contribution in [-0.2, 0) is 0 Å². The summed E-state index contributed by atoms with van der Waals surface area (Å²) >= 11 is 1.25. The number of pyridine rings is 1. The van der Waals surface area contributed by atoms with Crippen molar-refractivity contribution in [1.29, 1.82) is 0 Å². The number of anilines is 2. The first-order chi connectivity index (χ1) is 13.9. The van der Waals surface area contributed by atoms with Crippen LogP contribution in [0.5, 0.6) is 0 Å². The van der Waals surface area contributed by atoms with Crippen molar-refractivity contribution in [2.75, 3.05) is 23.7 Å². The Morgan fingerprint density at radius 3 is 2.69 bits per heavy atom. The molecule has 1 aromatic carbocycles. The number of hydrogen-bond donors (Lipinski definition) is 3. The molecule has 7 heteroatoms. The van der Waals surface area contributed by atoms with Crippen LogP contribution in [0, 0.1) is 6.92 Å². The summed E-state index contributed by atoms with van der Waals surface area (Å²) in [5.74, 6) is 0.357. The predicted octanol–water partition coefficient (Wildman–Crippen LogP) is 3.38. The van der Waals surface area contributed by atoms with Gasteiger partial charge < -0.3 is 22.1 Å². The van der Waals surface area contributed by atoms with Crippen LogP contribution in [0.3, 0.4) is 0 Å². The number of fused-ring (bicyclic) bond motifs is 1. The van der Waals surface area contributed by atoms with E-state index in [9.17, 15) is 4.79 Å². The minimum Gasteiger partial charge on any atom is -0.397 e. The lowest BCUT2D eigenvalue weighted by molar-refractivity contribution is 0.100. The molecule has 0 atom stereocenters. The van der Waals surface area contributed by atoms with Gasteiger partial charge in [0.15, 0.2) is 0 Å². The molecule has 3 aromatic rings. The van der Waals surface area contributed by atoms with Crippen LogP contribution >= 0.6 is 11.3 Å². The number of benzene rings is 1. The molecule has 4 rings (SSSR count). The normalized spacial score (nSPS) is 15.4. The Bertz CT molecular complexity index is 1100. The Hall–Kier alpha value is -2.90. The molecule has 0 aliphatic carbocycles. The lowest BCUT2D eigenvalue weighted by Gasteiger charge is -2.31. The predicted molar refractivity (Wildman–Crippen MR) is 122 cm³/mol. The zero-order chi connectivity index (χ0) is 20.5. The van der Waals surface area contributed by atoms with E-state index in [0.717, 1.165) is 53.1 Å². The second-order valence-electron chi connectivity index (χ2n) is 7.53. The van der Waals surface area contributed by atoms with Crippen LogP contribution in [0.15, 0.2) is 30.3 Å². The minimum absolute atomic E-state index is 0.245. The number of amides is 1. The van der Waals surface area contributed by atoms with Gasteiger partial charge in [0.05, 0.1) is 5.69 Å². The van der Waals surface area contributed by atoms with Crippen LogP contribution in [0.2, 0.25) is 0 Å². The van der Waals surface area contributed by atoms with Crippen LogP contribution in [-0.4, -0.2) is 30.0 Å². The number of nitrogen functional groups attached to an aromatic ring is 1. The van der Waals surface area contributed by atoms with E-state index >= 15 is 0 Å². The van der Waals surface area contributed by atoms with Gasteiger partial charge in [0.1, 0.15) is 15.5 Å². The molecular weight excluding hydrogens is 382 g/mol. The molecule has 3 heterocycles. The Morgan fingerprint density at radius 2 is 2.00 bits per heavy atom. The first-order valence-electron chi connectivity index (χ1n) is 9.70. The van der Waals surface area contributed by atoms with Gasteiger partial charge in [-0.05, 0) is 37.0 Å². The smallest absolute Gasteiger partial charge is 0.260 e. The maximum Gasteiger partial charge on any atom is 0.260 e. The summed E-state index contributed by atoms with van der Waals surface area (Å²) in [6, 6.07) is 10.6. The SMILES string of the molecule is Cc1cccc(/C=C/c2cc(N3CCC(N)CC3)nc3sc(C(N)=O)c(N)c23)c1. The number of rotatable bonds is 4. The third-order valence-corrected chi connectivity index (χ3v) is 6.41. The number of primary amides is 1. The van der Waals surface area contributed by atoms with Gasteiger partial charge in [-0.25, -0.2) is 4.98 Å². The molecule has 29 heavy (non-hydrogen) atoms. The van der Waals surface area contributed by atoms with Gasteiger partial charge in [0.25, 0.3) is 5.91 Å². The minimum atomic E-state index is -0.524. The van der Waals surface area contributed by atoms with Crippen molar-refractivity contribution < 1.29 is 4.79 Å². The number of carbonyl (C=O) groups excluding carboxylic acids is 1. The number of aromatic nitrogens is 1. The number of thiophene rings is 1. The maximum atomic E-state index is 11.8. The van der Waals surface area contributed by atoms with E-state index in [1.165, 1.54) is 16.9 Å². The van der Waals surface area contributed by atoms with E-state index in [-0.39, 0.29) is 6.04 Å². The number of nitrogens with zero attached hydrogens (tertiary/aromatic N) is 2. The largest absolute Gasteiger partial charge is 0.397 e. The van der Waals surface area contributed by atoms with Crippen molar-refractivity contribution in [2.45, 2.75) is 25.8 Å². The molecule has 1 amide bonds. The highest BCUT2D eigenvalue weighted by molar-refractivity contribution is 7.21. The second kappa shape index (κ2) is 7.85. The summed E-state index contributed by atoms with van der Waals surface area (Å²) in [6.45, 7) is 3.80. The summed E-state index contributed by atoms with van der Waals surface area (Å²) in [4.78, 5) is 20.0. The highest BCUT2D eigenvalue weighted by atomic mass is 32.1. The Morgan fingerprint density at radius 1 is 1.24 bits per heavy atom. The van der Waals surface area contributed by atoms with Crippen LogP contribution in [0.4, 0.5) is 11.5 Å². The van der Waals surface area contributed by atoms with Crippen molar-refractivity contribution >= 4 is 51.1 Å². The molecule has 6 nitrogen and oxygen atoms in total. The monoisotopic (exact) mass is 407 g/mol. The average Bonchev–Trinajstić information content (AvgIpc) is 3.04. The van der Waals surface area contributed by atoms with Crippen LogP contribution in [0.25, 0.3) is 22.4 Å². The van der Waals surface area contributed by atoms with Crippen molar-refractivity contribution in [3.05, 3.63) is 51.9 Å². The van der Waals surface area contributed by atoms with Crippen molar-refractivity contribution in [3.8, 4) is 0 Å². The lowest BCUT2D eigenvalue weighted by Crippen LogP contribution is -2.40. The van der Waals surface area contributed by atoms with Crippen molar-refractivity contribution in [1.82, 2.24) is 4.98 Å². The molecule has 0 unspecified atom stereocenters. The summed E-state index contributed by atoms with van der Waals surface area (Å²) in [5.41, 5.74) is 21.5. The molecule has 150 valence electrons. The highest BCUT2D eigenvalue weighted by Crippen LogP contribution is 2.37. The van der Waals surface area contributed by atoms with Gasteiger partial charge in [-0.1, -0.05) is 42.0 Å². The number of carbonyl (C=O) groups is 1.